The molecule has 0 atom stereocenters. The predicted molar refractivity (Wildman–Crippen MR) is 76.7 cm³/mol. The number of hydrogen-bond acceptors (Lipinski definition) is 4. The molecule has 0 aliphatic carbocycles. The lowest BCUT2D eigenvalue weighted by atomic mass is 9.93. The van der Waals surface area contributed by atoms with Gasteiger partial charge >= 0.3 is 11.8 Å². The molecule has 8 heteroatoms. The van der Waals surface area contributed by atoms with Crippen molar-refractivity contribution in [1.82, 2.24) is 19.8 Å². The number of H-pyrrole nitrogens is 2. The number of likely N-dealkylation sites (tertiary alicyclic amines) is 1. The molecule has 3 heterocycles. The molecule has 0 bridgehead atoms. The molecule has 2 aliphatic rings. The van der Waals surface area contributed by atoms with Gasteiger partial charge in [0.2, 0.25) is 0 Å². The number of ether oxygens (including phenoxy) is 1. The molecule has 22 heavy (non-hydrogen) atoms. The zero-order valence-electron chi connectivity index (χ0n) is 11.9. The Kier molecular flexibility index (Phi) is 2.42. The standard InChI is InChI=1S/C14H14N4O4/c1-17-5-14(22-13(17)21)6-18(7-14)11(19)8-3-2-4-9-10(8)16-12(20)15-9/h2-4H,5-7H2,1H3,(H2,15,16,20). The van der Waals surface area contributed by atoms with Gasteiger partial charge in [-0.25, -0.2) is 9.59 Å². The topological polar surface area (TPSA) is 98.5 Å². The number of nitrogens with zero attached hydrogens (tertiary/aromatic N) is 2. The van der Waals surface area contributed by atoms with Crippen LogP contribution < -0.4 is 5.69 Å². The van der Waals surface area contributed by atoms with Crippen LogP contribution in [0.4, 0.5) is 4.79 Å². The number of rotatable bonds is 1. The van der Waals surface area contributed by atoms with Gasteiger partial charge in [-0.1, -0.05) is 6.07 Å². The molecule has 0 saturated carbocycles. The molecule has 1 aromatic carbocycles. The van der Waals surface area contributed by atoms with Crippen molar-refractivity contribution in [2.75, 3.05) is 26.7 Å². The quantitative estimate of drug-likeness (QED) is 0.782. The average Bonchev–Trinajstić information content (AvgIpc) is 2.95. The van der Waals surface area contributed by atoms with Crippen molar-refractivity contribution < 1.29 is 14.3 Å². The second-order valence-corrected chi connectivity index (χ2v) is 5.88. The summed E-state index contributed by atoms with van der Waals surface area (Å²) in [6, 6.07) is 5.12. The number of aromatic amines is 2. The molecule has 114 valence electrons. The summed E-state index contributed by atoms with van der Waals surface area (Å²) in [5.74, 6) is -0.183. The Bertz CT molecular complexity index is 846. The molecular weight excluding hydrogens is 288 g/mol. The Morgan fingerprint density at radius 2 is 2.00 bits per heavy atom. The van der Waals surface area contributed by atoms with E-state index in [9.17, 15) is 14.4 Å². The van der Waals surface area contributed by atoms with Crippen LogP contribution in [0.1, 0.15) is 10.4 Å². The second-order valence-electron chi connectivity index (χ2n) is 5.88. The van der Waals surface area contributed by atoms with Crippen LogP contribution in [0.3, 0.4) is 0 Å². The van der Waals surface area contributed by atoms with E-state index in [1.54, 1.807) is 30.1 Å². The van der Waals surface area contributed by atoms with Crippen LogP contribution in [0.25, 0.3) is 11.0 Å². The highest BCUT2D eigenvalue weighted by Crippen LogP contribution is 2.33. The van der Waals surface area contributed by atoms with E-state index in [1.165, 1.54) is 4.90 Å². The summed E-state index contributed by atoms with van der Waals surface area (Å²) in [5, 5.41) is 0. The van der Waals surface area contributed by atoms with Crippen molar-refractivity contribution in [1.29, 1.82) is 0 Å². The summed E-state index contributed by atoms with van der Waals surface area (Å²) in [4.78, 5) is 43.8. The Morgan fingerprint density at radius 1 is 1.23 bits per heavy atom. The Labute approximate surface area is 124 Å². The highest BCUT2D eigenvalue weighted by molar-refractivity contribution is 6.05. The van der Waals surface area contributed by atoms with Gasteiger partial charge in [0.15, 0.2) is 5.60 Å². The minimum atomic E-state index is -0.582. The van der Waals surface area contributed by atoms with Gasteiger partial charge in [-0.05, 0) is 12.1 Å². The van der Waals surface area contributed by atoms with Crippen molar-refractivity contribution in [3.05, 3.63) is 34.2 Å². The molecule has 2 saturated heterocycles. The van der Waals surface area contributed by atoms with E-state index in [1.807, 2.05) is 0 Å². The number of carbonyl (C=O) groups excluding carboxylic acids is 2. The van der Waals surface area contributed by atoms with Gasteiger partial charge in [0.05, 0.1) is 36.2 Å². The van der Waals surface area contributed by atoms with E-state index in [2.05, 4.69) is 9.97 Å². The Morgan fingerprint density at radius 3 is 2.68 bits per heavy atom. The minimum absolute atomic E-state index is 0.183. The third-order valence-corrected chi connectivity index (χ3v) is 4.17. The molecule has 8 nitrogen and oxygen atoms in total. The van der Waals surface area contributed by atoms with E-state index >= 15 is 0 Å². The summed E-state index contributed by atoms with van der Waals surface area (Å²) in [6.45, 7) is 1.22. The van der Waals surface area contributed by atoms with E-state index < -0.39 is 5.60 Å². The number of likely N-dealkylation sites (N-methyl/N-ethyl adjacent to an activating group) is 1. The number of hydrogen-bond donors (Lipinski definition) is 2. The van der Waals surface area contributed by atoms with E-state index in [-0.39, 0.29) is 17.7 Å². The molecule has 4 rings (SSSR count). The molecular formula is C14H14N4O4. The van der Waals surface area contributed by atoms with Crippen LogP contribution in [-0.2, 0) is 4.74 Å². The van der Waals surface area contributed by atoms with Crippen LogP contribution in [0.15, 0.2) is 23.0 Å². The van der Waals surface area contributed by atoms with Crippen molar-refractivity contribution in [3.63, 3.8) is 0 Å². The third kappa shape index (κ3) is 1.73. The van der Waals surface area contributed by atoms with Gasteiger partial charge < -0.3 is 24.5 Å². The molecule has 1 aromatic heterocycles. The zero-order chi connectivity index (χ0) is 15.5. The van der Waals surface area contributed by atoms with E-state index in [0.717, 1.165) is 0 Å². The summed E-state index contributed by atoms with van der Waals surface area (Å²) >= 11 is 0. The van der Waals surface area contributed by atoms with Gasteiger partial charge in [-0.15, -0.1) is 0 Å². The van der Waals surface area contributed by atoms with Gasteiger partial charge in [0.1, 0.15) is 0 Å². The van der Waals surface area contributed by atoms with Crippen molar-refractivity contribution in [2.45, 2.75) is 5.60 Å². The summed E-state index contributed by atoms with van der Waals surface area (Å²) < 4.78 is 5.33. The molecule has 2 fully saturated rings. The molecule has 1 spiro atoms. The van der Waals surface area contributed by atoms with Crippen LogP contribution in [0.5, 0.6) is 0 Å². The maximum Gasteiger partial charge on any atom is 0.410 e. The van der Waals surface area contributed by atoms with Gasteiger partial charge in [0, 0.05) is 7.05 Å². The number of imidazole rings is 1. The maximum absolute atomic E-state index is 12.6. The molecule has 2 aromatic rings. The Hall–Kier alpha value is -2.77. The first kappa shape index (κ1) is 12.9. The summed E-state index contributed by atoms with van der Waals surface area (Å²) in [6.07, 6.45) is -0.357. The fraction of sp³-hybridized carbons (Fsp3) is 0.357. The molecule has 2 N–H and O–H groups in total. The number of carbonyl (C=O) groups is 2. The van der Waals surface area contributed by atoms with E-state index in [4.69, 9.17) is 4.74 Å². The lowest BCUT2D eigenvalue weighted by Gasteiger charge is -2.45. The fourth-order valence-electron chi connectivity index (χ4n) is 3.16. The largest absolute Gasteiger partial charge is 0.437 e. The lowest BCUT2D eigenvalue weighted by molar-refractivity contribution is -0.0580. The van der Waals surface area contributed by atoms with Crippen LogP contribution >= 0.6 is 0 Å². The number of aromatic nitrogens is 2. The SMILES string of the molecule is CN1CC2(CN(C(=O)c3cccc4[nH]c(=O)[nH]c34)C2)OC1=O. The molecule has 0 unspecified atom stereocenters. The van der Waals surface area contributed by atoms with Crippen LogP contribution in [0.2, 0.25) is 0 Å². The van der Waals surface area contributed by atoms with Crippen LogP contribution in [0, 0.1) is 0 Å². The monoisotopic (exact) mass is 302 g/mol. The normalized spacial score (nSPS) is 19.6. The first-order chi connectivity index (χ1) is 10.5. The van der Waals surface area contributed by atoms with Crippen molar-refractivity contribution in [3.8, 4) is 0 Å². The number of nitrogens with one attached hydrogen (secondary N) is 2. The zero-order valence-corrected chi connectivity index (χ0v) is 11.9. The van der Waals surface area contributed by atoms with Crippen molar-refractivity contribution in [2.24, 2.45) is 0 Å². The number of amides is 2. The predicted octanol–water partition coefficient (Wildman–Crippen LogP) is 0.133. The molecule has 0 radical (unpaired) electrons. The van der Waals surface area contributed by atoms with Gasteiger partial charge in [-0.3, -0.25) is 4.79 Å². The summed E-state index contributed by atoms with van der Waals surface area (Å²) in [5.41, 5.74) is 0.600. The number of benzene rings is 1. The molecule has 2 amide bonds. The minimum Gasteiger partial charge on any atom is -0.437 e. The van der Waals surface area contributed by atoms with E-state index in [0.29, 0.717) is 36.2 Å². The third-order valence-electron chi connectivity index (χ3n) is 4.17. The lowest BCUT2D eigenvalue weighted by Crippen LogP contribution is -2.65. The van der Waals surface area contributed by atoms with Crippen molar-refractivity contribution >= 4 is 23.0 Å². The Balaban J connectivity index is 1.59. The second kappa shape index (κ2) is 4.12. The first-order valence-corrected chi connectivity index (χ1v) is 6.92. The number of para-hydroxylation sites is 1. The highest BCUT2D eigenvalue weighted by atomic mass is 16.6. The van der Waals surface area contributed by atoms with Gasteiger partial charge in [-0.2, -0.15) is 0 Å². The summed E-state index contributed by atoms with van der Waals surface area (Å²) in [7, 11) is 1.67. The van der Waals surface area contributed by atoms with Crippen LogP contribution in [-0.4, -0.2) is 64.1 Å². The smallest absolute Gasteiger partial charge is 0.410 e. The van der Waals surface area contributed by atoms with Gasteiger partial charge in [0.25, 0.3) is 5.91 Å². The maximum atomic E-state index is 12.6. The first-order valence-electron chi connectivity index (χ1n) is 6.92. The highest BCUT2D eigenvalue weighted by Gasteiger charge is 2.54. The number of fused-ring (bicyclic) bond motifs is 1. The molecule has 2 aliphatic heterocycles. The fourth-order valence-corrected chi connectivity index (χ4v) is 3.16. The average molecular weight is 302 g/mol.